The van der Waals surface area contributed by atoms with Crippen LogP contribution in [0.3, 0.4) is 0 Å². The summed E-state index contributed by atoms with van der Waals surface area (Å²) in [5.74, 6) is 0. The first kappa shape index (κ1) is 14.1. The molecule has 0 aromatic rings. The molecule has 0 rings (SSSR count). The van der Waals surface area contributed by atoms with Crippen LogP contribution in [-0.2, 0) is 9.53 Å². The lowest BCUT2D eigenvalue weighted by atomic mass is 10.3. The van der Waals surface area contributed by atoms with Gasteiger partial charge < -0.3 is 4.74 Å². The third kappa shape index (κ3) is 7.09. The third-order valence-electron chi connectivity index (χ3n) is 1.26. The van der Waals surface area contributed by atoms with Crippen molar-refractivity contribution >= 4 is 6.41 Å². The summed E-state index contributed by atoms with van der Waals surface area (Å²) in [6.45, 7) is 1.25. The molecule has 15 heavy (non-hydrogen) atoms. The van der Waals surface area contributed by atoms with E-state index in [2.05, 4.69) is 4.74 Å². The quantitative estimate of drug-likeness (QED) is 0.286. The van der Waals surface area contributed by atoms with Crippen molar-refractivity contribution in [1.29, 1.82) is 0 Å². The SMILES string of the molecule is CCCOC(F)(F)CC(F)(F)NNC=O. The van der Waals surface area contributed by atoms with Gasteiger partial charge in [0.15, 0.2) is 0 Å². The van der Waals surface area contributed by atoms with Crippen molar-refractivity contribution < 1.29 is 27.1 Å². The number of rotatable bonds is 8. The molecule has 0 aliphatic heterocycles. The van der Waals surface area contributed by atoms with E-state index in [1.807, 2.05) is 0 Å². The number of hydrogen-bond acceptors (Lipinski definition) is 3. The zero-order chi connectivity index (χ0) is 11.9. The highest BCUT2D eigenvalue weighted by Gasteiger charge is 2.44. The van der Waals surface area contributed by atoms with E-state index in [-0.39, 0.29) is 13.0 Å². The molecule has 8 heteroatoms. The zero-order valence-corrected chi connectivity index (χ0v) is 8.03. The normalized spacial score (nSPS) is 12.6. The van der Waals surface area contributed by atoms with Gasteiger partial charge >= 0.3 is 12.2 Å². The van der Waals surface area contributed by atoms with E-state index in [1.165, 1.54) is 5.43 Å². The summed E-state index contributed by atoms with van der Waals surface area (Å²) in [6.07, 6.45) is -5.57. The first-order chi connectivity index (χ1) is 6.83. The Kier molecular flexibility index (Phi) is 5.51. The van der Waals surface area contributed by atoms with Crippen molar-refractivity contribution in [3.8, 4) is 0 Å². The van der Waals surface area contributed by atoms with Crippen molar-refractivity contribution in [2.75, 3.05) is 6.61 Å². The van der Waals surface area contributed by atoms with Gasteiger partial charge in [-0.2, -0.15) is 23.0 Å². The van der Waals surface area contributed by atoms with Crippen LogP contribution in [0.5, 0.6) is 0 Å². The van der Waals surface area contributed by atoms with Crippen molar-refractivity contribution in [3.63, 3.8) is 0 Å². The molecule has 0 unspecified atom stereocenters. The molecule has 0 aromatic heterocycles. The smallest absolute Gasteiger partial charge is 0.320 e. The lowest BCUT2D eigenvalue weighted by Crippen LogP contribution is -2.49. The molecule has 0 atom stereocenters. The highest BCUT2D eigenvalue weighted by atomic mass is 19.3. The molecule has 0 saturated carbocycles. The number of carbonyl (C=O) groups is 1. The average Bonchev–Trinajstić information content (AvgIpc) is 2.10. The summed E-state index contributed by atoms with van der Waals surface area (Å²) in [7, 11) is 0. The molecule has 0 bridgehead atoms. The molecule has 0 aromatic carbocycles. The van der Waals surface area contributed by atoms with Crippen LogP contribution in [-0.4, -0.2) is 25.2 Å². The van der Waals surface area contributed by atoms with Gasteiger partial charge in [-0.1, -0.05) is 6.92 Å². The molecule has 0 aliphatic carbocycles. The fraction of sp³-hybridized carbons (Fsp3) is 0.857. The molecule has 0 spiro atoms. The second kappa shape index (κ2) is 5.86. The summed E-state index contributed by atoms with van der Waals surface area (Å²) < 4.78 is 54.6. The van der Waals surface area contributed by atoms with Gasteiger partial charge in [-0.25, -0.2) is 0 Å². The van der Waals surface area contributed by atoms with E-state index < -0.39 is 18.6 Å². The molecule has 0 radical (unpaired) electrons. The van der Waals surface area contributed by atoms with Crippen LogP contribution in [0, 0.1) is 0 Å². The van der Waals surface area contributed by atoms with Crippen LogP contribution in [0.2, 0.25) is 0 Å². The minimum absolute atomic E-state index is 0.0844. The highest BCUT2D eigenvalue weighted by molar-refractivity contribution is 5.44. The Morgan fingerprint density at radius 1 is 1.33 bits per heavy atom. The topological polar surface area (TPSA) is 50.4 Å². The largest absolute Gasteiger partial charge is 0.363 e. The lowest BCUT2D eigenvalue weighted by Gasteiger charge is -2.23. The van der Waals surface area contributed by atoms with Crippen molar-refractivity contribution in [2.24, 2.45) is 0 Å². The number of hydrazine groups is 1. The summed E-state index contributed by atoms with van der Waals surface area (Å²) in [4.78, 5) is 9.66. The van der Waals surface area contributed by atoms with Crippen LogP contribution in [0.15, 0.2) is 0 Å². The van der Waals surface area contributed by atoms with Crippen LogP contribution in [0.4, 0.5) is 17.6 Å². The first-order valence-corrected chi connectivity index (χ1v) is 4.19. The van der Waals surface area contributed by atoms with Gasteiger partial charge in [0.05, 0.1) is 6.61 Å². The number of hydrogen-bond donors (Lipinski definition) is 2. The third-order valence-corrected chi connectivity index (χ3v) is 1.26. The Labute approximate surface area is 83.9 Å². The molecule has 1 amide bonds. The summed E-state index contributed by atoms with van der Waals surface area (Å²) in [5, 5.41) is 0. The maximum atomic E-state index is 12.7. The van der Waals surface area contributed by atoms with Gasteiger partial charge in [-0.3, -0.25) is 10.2 Å². The number of alkyl halides is 4. The van der Waals surface area contributed by atoms with Crippen LogP contribution in [0.1, 0.15) is 19.8 Å². The van der Waals surface area contributed by atoms with Crippen LogP contribution in [0.25, 0.3) is 0 Å². The number of nitrogens with one attached hydrogen (secondary N) is 2. The van der Waals surface area contributed by atoms with Gasteiger partial charge in [-0.05, 0) is 6.42 Å². The van der Waals surface area contributed by atoms with Crippen LogP contribution >= 0.6 is 0 Å². The molecular weight excluding hydrogens is 220 g/mol. The first-order valence-electron chi connectivity index (χ1n) is 4.19. The van der Waals surface area contributed by atoms with E-state index in [4.69, 9.17) is 0 Å². The predicted molar refractivity (Wildman–Crippen MR) is 43.1 cm³/mol. The van der Waals surface area contributed by atoms with E-state index in [9.17, 15) is 22.4 Å². The van der Waals surface area contributed by atoms with E-state index in [1.54, 1.807) is 6.92 Å². The molecule has 0 saturated heterocycles. The van der Waals surface area contributed by atoms with Crippen molar-refractivity contribution in [1.82, 2.24) is 10.9 Å². The highest BCUT2D eigenvalue weighted by Crippen LogP contribution is 2.29. The fourth-order valence-electron chi connectivity index (χ4n) is 0.740. The molecule has 4 nitrogen and oxygen atoms in total. The average molecular weight is 232 g/mol. The summed E-state index contributed by atoms with van der Waals surface area (Å²) in [6, 6.07) is -3.93. The number of amides is 1. The maximum Gasteiger partial charge on any atom is 0.363 e. The van der Waals surface area contributed by atoms with Crippen molar-refractivity contribution in [2.45, 2.75) is 31.9 Å². The molecule has 0 aliphatic rings. The molecule has 2 N–H and O–H groups in total. The monoisotopic (exact) mass is 232 g/mol. The Morgan fingerprint density at radius 3 is 2.40 bits per heavy atom. The number of carbonyl (C=O) groups excluding carboxylic acids is 1. The molecule has 0 heterocycles. The van der Waals surface area contributed by atoms with Gasteiger partial charge in [-0.15, -0.1) is 0 Å². The summed E-state index contributed by atoms with van der Waals surface area (Å²) >= 11 is 0. The zero-order valence-electron chi connectivity index (χ0n) is 8.03. The van der Waals surface area contributed by atoms with E-state index in [0.29, 0.717) is 6.42 Å². The summed E-state index contributed by atoms with van der Waals surface area (Å²) in [5.41, 5.74) is 2.53. The second-order valence-corrected chi connectivity index (χ2v) is 2.75. The maximum absolute atomic E-state index is 12.7. The Morgan fingerprint density at radius 2 is 1.93 bits per heavy atom. The number of ether oxygens (including phenoxy) is 1. The predicted octanol–water partition coefficient (Wildman–Crippen LogP) is 1.24. The Balaban J connectivity index is 4.09. The second-order valence-electron chi connectivity index (χ2n) is 2.75. The number of halogens is 4. The van der Waals surface area contributed by atoms with Gasteiger partial charge in [0.2, 0.25) is 6.41 Å². The minimum Gasteiger partial charge on any atom is -0.320 e. The lowest BCUT2D eigenvalue weighted by molar-refractivity contribution is -0.275. The standard InChI is InChI=1S/C7H12F4N2O2/c1-2-3-15-7(10,11)4-6(8,9)13-12-5-14/h5,13H,2-4H2,1H3,(H,12,14). The Hall–Kier alpha value is -0.890. The minimum atomic E-state index is -3.93. The Bertz CT molecular complexity index is 201. The van der Waals surface area contributed by atoms with Gasteiger partial charge in [0.25, 0.3) is 0 Å². The van der Waals surface area contributed by atoms with E-state index >= 15 is 0 Å². The molecule has 90 valence electrons. The van der Waals surface area contributed by atoms with E-state index in [0.717, 1.165) is 5.43 Å². The van der Waals surface area contributed by atoms with Crippen LogP contribution < -0.4 is 10.9 Å². The fourth-order valence-corrected chi connectivity index (χ4v) is 0.740. The van der Waals surface area contributed by atoms with Gasteiger partial charge in [0.1, 0.15) is 6.42 Å². The molecule has 0 fully saturated rings. The van der Waals surface area contributed by atoms with Crippen molar-refractivity contribution in [3.05, 3.63) is 0 Å². The molecular formula is C7H12F4N2O2. The van der Waals surface area contributed by atoms with Gasteiger partial charge in [0, 0.05) is 0 Å².